The average Bonchev–Trinajstić information content (AvgIpc) is 2.78. The number of carbonyl (C=O) groups excluding carboxylic acids is 1. The van der Waals surface area contributed by atoms with Crippen LogP contribution in [0.15, 0.2) is 51.7 Å². The molecule has 10 heteroatoms. The topological polar surface area (TPSA) is 83.8 Å². The van der Waals surface area contributed by atoms with Gasteiger partial charge in [0.25, 0.3) is 0 Å². The Balaban J connectivity index is 1.53. The Morgan fingerprint density at radius 3 is 2.47 bits per heavy atom. The van der Waals surface area contributed by atoms with Gasteiger partial charge in [0.15, 0.2) is 0 Å². The summed E-state index contributed by atoms with van der Waals surface area (Å²) < 4.78 is 51.0. The quantitative estimate of drug-likeness (QED) is 0.505. The number of nitrogens with zero attached hydrogens (tertiary/aromatic N) is 1. The Hall–Kier alpha value is -3.53. The molecule has 180 valence electrons. The number of hydrogen-bond donors (Lipinski definition) is 2. The van der Waals surface area contributed by atoms with Gasteiger partial charge >= 0.3 is 17.8 Å². The molecule has 1 saturated heterocycles. The summed E-state index contributed by atoms with van der Waals surface area (Å²) in [6, 6.07) is 8.47. The highest BCUT2D eigenvalue weighted by molar-refractivity contribution is 6.01. The van der Waals surface area contributed by atoms with Gasteiger partial charge in [-0.25, -0.2) is 9.59 Å². The van der Waals surface area contributed by atoms with Crippen molar-refractivity contribution in [3.05, 3.63) is 64.0 Å². The highest BCUT2D eigenvalue weighted by Crippen LogP contribution is 2.34. The molecule has 0 atom stereocenters. The fraction of sp³-hybridized carbons (Fsp3) is 0.333. The van der Waals surface area contributed by atoms with E-state index in [2.05, 4.69) is 22.6 Å². The van der Waals surface area contributed by atoms with Crippen molar-refractivity contribution in [3.63, 3.8) is 0 Å². The van der Waals surface area contributed by atoms with Crippen LogP contribution in [0, 0.1) is 6.92 Å². The molecule has 1 aliphatic heterocycles. The highest BCUT2D eigenvalue weighted by Gasteiger charge is 2.33. The van der Waals surface area contributed by atoms with Crippen LogP contribution in [0.5, 0.6) is 5.75 Å². The zero-order chi connectivity index (χ0) is 24.5. The van der Waals surface area contributed by atoms with Gasteiger partial charge in [0.2, 0.25) is 0 Å². The summed E-state index contributed by atoms with van der Waals surface area (Å²) in [6.07, 6.45) is -2.78. The molecule has 0 bridgehead atoms. The van der Waals surface area contributed by atoms with Gasteiger partial charge in [0, 0.05) is 24.0 Å². The number of halogens is 3. The van der Waals surface area contributed by atoms with Gasteiger partial charge in [-0.2, -0.15) is 13.2 Å². The van der Waals surface area contributed by atoms with Gasteiger partial charge in [-0.1, -0.05) is 12.1 Å². The average molecular weight is 475 g/mol. The molecular weight excluding hydrogens is 451 g/mol. The van der Waals surface area contributed by atoms with Crippen LogP contribution < -0.4 is 21.0 Å². The molecule has 34 heavy (non-hydrogen) atoms. The molecule has 2 amide bonds. The second kappa shape index (κ2) is 9.38. The maximum atomic E-state index is 13.2. The summed E-state index contributed by atoms with van der Waals surface area (Å²) in [6.45, 7) is 3.66. The van der Waals surface area contributed by atoms with Crippen LogP contribution >= 0.6 is 0 Å². The number of hydrogen-bond acceptors (Lipinski definition) is 5. The van der Waals surface area contributed by atoms with Crippen LogP contribution in [-0.2, 0) is 6.18 Å². The van der Waals surface area contributed by atoms with Gasteiger partial charge in [-0.05, 0) is 57.1 Å². The number of ether oxygens (including phenoxy) is 1. The minimum atomic E-state index is -4.64. The first-order chi connectivity index (χ1) is 16.1. The molecule has 2 N–H and O–H groups in total. The molecule has 0 unspecified atom stereocenters. The Morgan fingerprint density at radius 1 is 1.09 bits per heavy atom. The largest absolute Gasteiger partial charge is 0.490 e. The van der Waals surface area contributed by atoms with E-state index >= 15 is 0 Å². The molecule has 1 fully saturated rings. The number of para-hydroxylation sites is 1. The van der Waals surface area contributed by atoms with Gasteiger partial charge < -0.3 is 24.7 Å². The predicted molar refractivity (Wildman–Crippen MR) is 122 cm³/mol. The number of fused-ring (bicyclic) bond motifs is 1. The number of piperidine rings is 1. The first kappa shape index (κ1) is 23.6. The molecular formula is C24H24F3N3O4. The van der Waals surface area contributed by atoms with E-state index in [9.17, 15) is 22.8 Å². The fourth-order valence-corrected chi connectivity index (χ4v) is 3.92. The Bertz CT molecular complexity index is 1260. The zero-order valence-corrected chi connectivity index (χ0v) is 18.7. The zero-order valence-electron chi connectivity index (χ0n) is 18.7. The molecule has 2 aromatic carbocycles. The number of urea groups is 1. The van der Waals surface area contributed by atoms with Gasteiger partial charge in [0.05, 0.1) is 11.3 Å². The van der Waals surface area contributed by atoms with E-state index in [0.29, 0.717) is 22.3 Å². The lowest BCUT2D eigenvalue weighted by molar-refractivity contribution is -0.136. The number of likely N-dealkylation sites (tertiary alicyclic amines) is 1. The lowest BCUT2D eigenvalue weighted by atomic mass is 10.1. The molecule has 0 radical (unpaired) electrons. The van der Waals surface area contributed by atoms with Crippen LogP contribution in [0.1, 0.15) is 24.0 Å². The minimum Gasteiger partial charge on any atom is -0.490 e. The van der Waals surface area contributed by atoms with Crippen LogP contribution in [0.25, 0.3) is 11.0 Å². The van der Waals surface area contributed by atoms with Crippen LogP contribution in [-0.4, -0.2) is 37.2 Å². The molecule has 2 heterocycles. The lowest BCUT2D eigenvalue weighted by Crippen LogP contribution is -2.35. The normalized spacial score (nSPS) is 15.3. The van der Waals surface area contributed by atoms with Crippen molar-refractivity contribution in [2.45, 2.75) is 32.0 Å². The first-order valence-electron chi connectivity index (χ1n) is 10.8. The summed E-state index contributed by atoms with van der Waals surface area (Å²) in [4.78, 5) is 27.1. The molecule has 1 aromatic heterocycles. The summed E-state index contributed by atoms with van der Waals surface area (Å²) in [5, 5.41) is 4.95. The Kier molecular flexibility index (Phi) is 6.52. The minimum absolute atomic E-state index is 0.0725. The van der Waals surface area contributed by atoms with E-state index in [0.717, 1.165) is 38.1 Å². The van der Waals surface area contributed by atoms with E-state index in [1.807, 2.05) is 0 Å². The van der Waals surface area contributed by atoms with Gasteiger partial charge in [-0.3, -0.25) is 0 Å². The number of anilines is 2. The first-order valence-corrected chi connectivity index (χ1v) is 10.8. The van der Waals surface area contributed by atoms with Crippen molar-refractivity contribution in [1.29, 1.82) is 0 Å². The lowest BCUT2D eigenvalue weighted by Gasteiger charge is -2.29. The van der Waals surface area contributed by atoms with Crippen molar-refractivity contribution < 1.29 is 27.1 Å². The highest BCUT2D eigenvalue weighted by atomic mass is 19.4. The summed E-state index contributed by atoms with van der Waals surface area (Å²) in [5.41, 5.74) is -1.47. The molecule has 0 saturated carbocycles. The van der Waals surface area contributed by atoms with Crippen molar-refractivity contribution >= 4 is 28.4 Å². The molecule has 0 aliphatic carbocycles. The molecule has 7 nitrogen and oxygen atoms in total. The third-order valence-electron chi connectivity index (χ3n) is 5.79. The number of rotatable bonds is 4. The standard InChI is InChI=1S/C24H24F3N3O4/c1-14-20(33-16-9-11-30(2)12-10-16)8-7-15-13-19(22(31)34-21(14)15)29-23(32)28-18-6-4-3-5-17(18)24(25,26)27/h3-8,13,16H,9-12H2,1-2H3,(H2,28,29,32). The van der Waals surface area contributed by atoms with E-state index in [1.165, 1.54) is 18.2 Å². The SMILES string of the molecule is Cc1c(OC2CCN(C)CC2)ccc2cc(NC(=O)Nc3ccccc3C(F)(F)F)c(=O)oc12. The number of alkyl halides is 3. The van der Waals surface area contributed by atoms with Gasteiger partial charge in [-0.15, -0.1) is 0 Å². The van der Waals surface area contributed by atoms with E-state index in [1.54, 1.807) is 19.1 Å². The maximum absolute atomic E-state index is 13.2. The van der Waals surface area contributed by atoms with Crippen LogP contribution in [0.4, 0.5) is 29.3 Å². The number of aryl methyl sites for hydroxylation is 1. The number of carbonyl (C=O) groups is 1. The van der Waals surface area contributed by atoms with Crippen molar-refractivity contribution in [3.8, 4) is 5.75 Å². The van der Waals surface area contributed by atoms with E-state index < -0.39 is 29.1 Å². The third kappa shape index (κ3) is 5.17. The molecule has 0 spiro atoms. The summed E-state index contributed by atoms with van der Waals surface area (Å²) in [5.74, 6) is 0.618. The monoisotopic (exact) mass is 475 g/mol. The van der Waals surface area contributed by atoms with Gasteiger partial charge in [0.1, 0.15) is 23.1 Å². The van der Waals surface area contributed by atoms with Crippen molar-refractivity contribution in [1.82, 2.24) is 4.90 Å². The molecule has 3 aromatic rings. The second-order valence-electron chi connectivity index (χ2n) is 8.30. The Labute approximate surface area is 193 Å². The number of benzene rings is 2. The van der Waals surface area contributed by atoms with E-state index in [4.69, 9.17) is 9.15 Å². The fourth-order valence-electron chi connectivity index (χ4n) is 3.92. The smallest absolute Gasteiger partial charge is 0.418 e. The third-order valence-corrected chi connectivity index (χ3v) is 5.79. The maximum Gasteiger partial charge on any atom is 0.418 e. The number of nitrogens with one attached hydrogen (secondary N) is 2. The Morgan fingerprint density at radius 2 is 1.76 bits per heavy atom. The second-order valence-corrected chi connectivity index (χ2v) is 8.30. The van der Waals surface area contributed by atoms with Crippen molar-refractivity contribution in [2.24, 2.45) is 0 Å². The number of amides is 2. The van der Waals surface area contributed by atoms with Crippen molar-refractivity contribution in [2.75, 3.05) is 30.8 Å². The summed E-state index contributed by atoms with van der Waals surface area (Å²) >= 11 is 0. The predicted octanol–water partition coefficient (Wildman–Crippen LogP) is 5.24. The molecule has 1 aliphatic rings. The van der Waals surface area contributed by atoms with Crippen LogP contribution in [0.2, 0.25) is 0 Å². The summed E-state index contributed by atoms with van der Waals surface area (Å²) in [7, 11) is 2.06. The van der Waals surface area contributed by atoms with E-state index in [-0.39, 0.29) is 11.8 Å². The van der Waals surface area contributed by atoms with Crippen LogP contribution in [0.3, 0.4) is 0 Å². The molecule has 4 rings (SSSR count).